The summed E-state index contributed by atoms with van der Waals surface area (Å²) in [6.07, 6.45) is 4.31. The van der Waals surface area contributed by atoms with Crippen LogP contribution >= 0.6 is 11.6 Å². The Labute approximate surface area is 149 Å². The van der Waals surface area contributed by atoms with Crippen molar-refractivity contribution in [2.75, 3.05) is 0 Å². The van der Waals surface area contributed by atoms with Gasteiger partial charge in [-0.15, -0.1) is 0 Å². The largest absolute Gasteiger partial charge is 0.361 e. The number of aromatic nitrogens is 3. The Morgan fingerprint density at radius 3 is 3.00 bits per heavy atom. The predicted molar refractivity (Wildman–Crippen MR) is 99.0 cm³/mol. The number of aromatic amines is 1. The van der Waals surface area contributed by atoms with Gasteiger partial charge in [0.15, 0.2) is 0 Å². The summed E-state index contributed by atoms with van der Waals surface area (Å²) in [5.41, 5.74) is 4.16. The number of hydrogen-bond donors (Lipinski definition) is 2. The zero-order chi connectivity index (χ0) is 17.4. The Hall–Kier alpha value is -2.79. The highest BCUT2D eigenvalue weighted by Gasteiger charge is 2.18. The molecule has 0 bridgehead atoms. The summed E-state index contributed by atoms with van der Waals surface area (Å²) < 4.78 is 1.76. The minimum atomic E-state index is -0.152. The van der Waals surface area contributed by atoms with Gasteiger partial charge in [0.2, 0.25) is 0 Å². The van der Waals surface area contributed by atoms with E-state index in [9.17, 15) is 4.79 Å². The second-order valence-corrected chi connectivity index (χ2v) is 6.35. The first-order valence-corrected chi connectivity index (χ1v) is 8.54. The molecule has 0 atom stereocenters. The van der Waals surface area contributed by atoms with Crippen molar-refractivity contribution in [3.8, 4) is 0 Å². The molecule has 3 heterocycles. The summed E-state index contributed by atoms with van der Waals surface area (Å²) in [5, 5.41) is 4.69. The number of benzene rings is 1. The number of rotatable bonds is 4. The molecule has 0 fully saturated rings. The van der Waals surface area contributed by atoms with Crippen molar-refractivity contribution in [1.82, 2.24) is 19.7 Å². The molecule has 0 saturated heterocycles. The lowest BCUT2D eigenvalue weighted by molar-refractivity contribution is 0.0944. The Balaban J connectivity index is 1.62. The van der Waals surface area contributed by atoms with Crippen LogP contribution in [0.2, 0.25) is 5.02 Å². The second-order valence-electron chi connectivity index (χ2n) is 5.92. The molecule has 6 heteroatoms. The maximum absolute atomic E-state index is 12.8. The zero-order valence-electron chi connectivity index (χ0n) is 13.7. The highest BCUT2D eigenvalue weighted by atomic mass is 35.5. The van der Waals surface area contributed by atoms with Crippen molar-refractivity contribution in [3.05, 3.63) is 70.8 Å². The number of carbonyl (C=O) groups excluding carboxylic acids is 1. The molecule has 126 valence electrons. The Bertz CT molecular complexity index is 1080. The molecule has 0 aliphatic carbocycles. The van der Waals surface area contributed by atoms with E-state index in [4.69, 9.17) is 11.6 Å². The summed E-state index contributed by atoms with van der Waals surface area (Å²) in [6, 6.07) is 11.7. The van der Waals surface area contributed by atoms with Gasteiger partial charge in [0.1, 0.15) is 11.3 Å². The number of imidazole rings is 1. The number of halogens is 1. The summed E-state index contributed by atoms with van der Waals surface area (Å²) in [4.78, 5) is 20.5. The van der Waals surface area contributed by atoms with Gasteiger partial charge in [-0.3, -0.25) is 9.20 Å². The minimum Gasteiger partial charge on any atom is -0.361 e. The molecule has 0 unspecified atom stereocenters. The van der Waals surface area contributed by atoms with Crippen molar-refractivity contribution >= 4 is 34.1 Å². The van der Waals surface area contributed by atoms with Crippen LogP contribution in [-0.2, 0) is 13.0 Å². The van der Waals surface area contributed by atoms with Crippen LogP contribution in [0.25, 0.3) is 16.6 Å². The van der Waals surface area contributed by atoms with E-state index in [0.29, 0.717) is 23.7 Å². The molecule has 0 saturated carbocycles. The third kappa shape index (κ3) is 2.87. The predicted octanol–water partition coefficient (Wildman–Crippen LogP) is 3.96. The first-order valence-electron chi connectivity index (χ1n) is 8.16. The molecule has 3 aromatic heterocycles. The van der Waals surface area contributed by atoms with E-state index in [1.54, 1.807) is 16.7 Å². The molecule has 0 spiro atoms. The fraction of sp³-hybridized carbons (Fsp3) is 0.158. The second kappa shape index (κ2) is 6.26. The van der Waals surface area contributed by atoms with Crippen molar-refractivity contribution in [2.45, 2.75) is 19.9 Å². The fourth-order valence-corrected chi connectivity index (χ4v) is 3.19. The Kier molecular flexibility index (Phi) is 3.93. The van der Waals surface area contributed by atoms with E-state index in [1.807, 2.05) is 37.4 Å². The van der Waals surface area contributed by atoms with Gasteiger partial charge >= 0.3 is 0 Å². The summed E-state index contributed by atoms with van der Waals surface area (Å²) in [7, 11) is 0. The lowest BCUT2D eigenvalue weighted by Crippen LogP contribution is -2.25. The van der Waals surface area contributed by atoms with Crippen LogP contribution in [0.15, 0.2) is 48.8 Å². The van der Waals surface area contributed by atoms with E-state index >= 15 is 0 Å². The summed E-state index contributed by atoms with van der Waals surface area (Å²) in [6.45, 7) is 2.44. The third-order valence-electron chi connectivity index (χ3n) is 4.28. The van der Waals surface area contributed by atoms with Gasteiger partial charge in [0.05, 0.1) is 10.7 Å². The van der Waals surface area contributed by atoms with Crippen molar-refractivity contribution in [3.63, 3.8) is 0 Å². The molecule has 2 N–H and O–H groups in total. The lowest BCUT2D eigenvalue weighted by Gasteiger charge is -2.07. The van der Waals surface area contributed by atoms with E-state index < -0.39 is 0 Å². The molecule has 1 amide bonds. The topological polar surface area (TPSA) is 62.2 Å². The highest BCUT2D eigenvalue weighted by molar-refractivity contribution is 6.30. The van der Waals surface area contributed by atoms with Crippen molar-refractivity contribution in [1.29, 1.82) is 0 Å². The smallest absolute Gasteiger partial charge is 0.270 e. The van der Waals surface area contributed by atoms with Gasteiger partial charge < -0.3 is 10.3 Å². The van der Waals surface area contributed by atoms with E-state index in [0.717, 1.165) is 27.8 Å². The number of nitrogens with one attached hydrogen (secondary N) is 2. The maximum atomic E-state index is 12.8. The quantitative estimate of drug-likeness (QED) is 0.584. The number of nitrogens with zero attached hydrogens (tertiary/aromatic N) is 2. The lowest BCUT2D eigenvalue weighted by atomic mass is 10.1. The number of H-pyrrole nitrogens is 1. The van der Waals surface area contributed by atoms with Crippen LogP contribution in [0, 0.1) is 0 Å². The molecule has 5 nitrogen and oxygen atoms in total. The van der Waals surface area contributed by atoms with Crippen molar-refractivity contribution < 1.29 is 4.79 Å². The molecular formula is C19H17ClN4O. The highest BCUT2D eigenvalue weighted by Crippen LogP contribution is 2.18. The van der Waals surface area contributed by atoms with Gasteiger partial charge in [0.25, 0.3) is 5.91 Å². The number of aryl methyl sites for hydroxylation is 1. The van der Waals surface area contributed by atoms with Crippen LogP contribution in [0.3, 0.4) is 0 Å². The van der Waals surface area contributed by atoms with Gasteiger partial charge in [-0.05, 0) is 47.7 Å². The molecule has 0 radical (unpaired) electrons. The van der Waals surface area contributed by atoms with E-state index in [1.165, 1.54) is 0 Å². The Morgan fingerprint density at radius 1 is 1.28 bits per heavy atom. The van der Waals surface area contributed by atoms with Crippen molar-refractivity contribution in [2.24, 2.45) is 0 Å². The van der Waals surface area contributed by atoms with Gasteiger partial charge in [0, 0.05) is 24.5 Å². The fourth-order valence-electron chi connectivity index (χ4n) is 3.03. The number of hydrogen-bond acceptors (Lipinski definition) is 2. The molecule has 4 rings (SSSR count). The third-order valence-corrected chi connectivity index (χ3v) is 4.50. The molecule has 25 heavy (non-hydrogen) atoms. The summed E-state index contributed by atoms with van der Waals surface area (Å²) >= 11 is 6.08. The molecule has 4 aromatic rings. The molecule has 1 aromatic carbocycles. The maximum Gasteiger partial charge on any atom is 0.270 e. The number of fused-ring (bicyclic) bond motifs is 2. The van der Waals surface area contributed by atoms with Crippen LogP contribution < -0.4 is 5.32 Å². The Morgan fingerprint density at radius 2 is 2.16 bits per heavy atom. The van der Waals surface area contributed by atoms with E-state index in [2.05, 4.69) is 21.4 Å². The number of amides is 1. The zero-order valence-corrected chi connectivity index (χ0v) is 14.5. The monoisotopic (exact) mass is 352 g/mol. The standard InChI is InChI=1S/C19H17ClN4O/c1-2-15-18(24-11-14(20)4-6-17(24)23-15)19(25)22-10-12-3-5-16-13(9-12)7-8-21-16/h3-9,11,21H,2,10H2,1H3,(H,22,25). The number of carbonyl (C=O) groups is 1. The average molecular weight is 353 g/mol. The van der Waals surface area contributed by atoms with Crippen LogP contribution in [0.5, 0.6) is 0 Å². The number of pyridine rings is 1. The molecule has 0 aliphatic rings. The van der Waals surface area contributed by atoms with Crippen LogP contribution in [-0.4, -0.2) is 20.3 Å². The molecular weight excluding hydrogens is 336 g/mol. The van der Waals surface area contributed by atoms with Gasteiger partial charge in [-0.1, -0.05) is 24.6 Å². The van der Waals surface area contributed by atoms with Gasteiger partial charge in [-0.25, -0.2) is 4.98 Å². The average Bonchev–Trinajstić information content (AvgIpc) is 3.22. The van der Waals surface area contributed by atoms with Crippen LogP contribution in [0.4, 0.5) is 0 Å². The summed E-state index contributed by atoms with van der Waals surface area (Å²) in [5.74, 6) is -0.152. The van der Waals surface area contributed by atoms with E-state index in [-0.39, 0.29) is 5.91 Å². The van der Waals surface area contributed by atoms with Gasteiger partial charge in [-0.2, -0.15) is 0 Å². The van der Waals surface area contributed by atoms with Crippen LogP contribution in [0.1, 0.15) is 28.7 Å². The normalized spacial score (nSPS) is 11.3. The minimum absolute atomic E-state index is 0.152. The first kappa shape index (κ1) is 15.7. The first-order chi connectivity index (χ1) is 12.2. The molecule has 0 aliphatic heterocycles. The SMILES string of the molecule is CCc1nc2ccc(Cl)cn2c1C(=O)NCc1ccc2[nH]ccc2c1.